The van der Waals surface area contributed by atoms with Crippen LogP contribution in [-0.4, -0.2) is 13.3 Å². The number of rotatable bonds is 3. The fourth-order valence-electron chi connectivity index (χ4n) is 1.90. The summed E-state index contributed by atoms with van der Waals surface area (Å²) in [4.78, 5) is 0. The normalized spacial score (nSPS) is 12.3. The van der Waals surface area contributed by atoms with E-state index in [0.717, 1.165) is 0 Å². The summed E-state index contributed by atoms with van der Waals surface area (Å²) in [7, 11) is 1.50. The number of benzene rings is 2. The van der Waals surface area contributed by atoms with Gasteiger partial charge in [-0.15, -0.1) is 0 Å². The lowest BCUT2D eigenvalue weighted by molar-refractivity contribution is -0.0793. The Hall–Kier alpha value is -1.94. The maximum atomic E-state index is 12.8. The summed E-state index contributed by atoms with van der Waals surface area (Å²) in [5.74, 6) is 0.584. The van der Waals surface area contributed by atoms with E-state index < -0.39 is 6.18 Å². The van der Waals surface area contributed by atoms with Crippen molar-refractivity contribution in [1.82, 2.24) is 0 Å². The van der Waals surface area contributed by atoms with Gasteiger partial charge in [0.2, 0.25) is 0 Å². The van der Waals surface area contributed by atoms with Gasteiger partial charge in [-0.3, -0.25) is 0 Å². The molecule has 1 nitrogen and oxygen atoms in total. The monoisotopic (exact) mass is 312 g/mol. The number of alkyl halides is 3. The number of hydrogen-bond acceptors (Lipinski definition) is 1. The smallest absolute Gasteiger partial charge is 0.410 e. The number of ether oxygens (including phenoxy) is 1. The highest BCUT2D eigenvalue weighted by molar-refractivity contribution is 6.30. The molecule has 2 aromatic rings. The van der Waals surface area contributed by atoms with Gasteiger partial charge in [0.25, 0.3) is 0 Å². The summed E-state index contributed by atoms with van der Waals surface area (Å²) in [5.41, 5.74) is 0.985. The Morgan fingerprint density at radius 3 is 1.86 bits per heavy atom. The number of methoxy groups -OCH3 is 1. The second-order valence-electron chi connectivity index (χ2n) is 4.34. The van der Waals surface area contributed by atoms with Gasteiger partial charge in [0.15, 0.2) is 0 Å². The summed E-state index contributed by atoms with van der Waals surface area (Å²) in [6.07, 6.45) is -4.12. The molecule has 5 heteroatoms. The standard InChI is InChI=1S/C16H12ClF3O/c1-21-14-8-4-12(5-9-14)15(10-16(18,19)20)11-2-6-13(17)7-3-11/h2-10H,1H3/b15-10+. The van der Waals surface area contributed by atoms with Crippen molar-refractivity contribution in [3.05, 3.63) is 70.8 Å². The van der Waals surface area contributed by atoms with E-state index in [9.17, 15) is 13.2 Å². The van der Waals surface area contributed by atoms with Gasteiger partial charge in [0.1, 0.15) is 5.75 Å². The molecule has 0 fully saturated rings. The summed E-state index contributed by atoms with van der Waals surface area (Å²) in [6, 6.07) is 12.7. The molecule has 2 rings (SSSR count). The maximum absolute atomic E-state index is 12.8. The van der Waals surface area contributed by atoms with E-state index in [1.807, 2.05) is 0 Å². The summed E-state index contributed by atoms with van der Waals surface area (Å²) in [5, 5.41) is 0.472. The second kappa shape index (κ2) is 6.22. The molecule has 0 atom stereocenters. The fraction of sp³-hybridized carbons (Fsp3) is 0.125. The Labute approximate surface area is 125 Å². The van der Waals surface area contributed by atoms with Crippen LogP contribution in [0.4, 0.5) is 13.2 Å². The number of halogens is 4. The molecule has 0 radical (unpaired) electrons. The molecule has 0 saturated heterocycles. The van der Waals surface area contributed by atoms with Crippen LogP contribution < -0.4 is 4.74 Å². The first kappa shape index (κ1) is 15.4. The summed E-state index contributed by atoms with van der Waals surface area (Å²) >= 11 is 5.78. The van der Waals surface area contributed by atoms with Crippen LogP contribution >= 0.6 is 11.6 Å². The van der Waals surface area contributed by atoms with E-state index in [0.29, 0.717) is 21.9 Å². The van der Waals surface area contributed by atoms with Gasteiger partial charge in [-0.2, -0.15) is 13.2 Å². The Morgan fingerprint density at radius 1 is 0.952 bits per heavy atom. The Bertz CT molecular complexity index is 628. The molecule has 0 heterocycles. The van der Waals surface area contributed by atoms with Crippen LogP contribution in [0.5, 0.6) is 5.75 Å². The van der Waals surface area contributed by atoms with Crippen LogP contribution in [0.25, 0.3) is 5.57 Å². The average Bonchev–Trinajstić information content (AvgIpc) is 2.45. The molecule has 0 spiro atoms. The van der Waals surface area contributed by atoms with Crippen molar-refractivity contribution >= 4 is 17.2 Å². The molecule has 0 amide bonds. The number of hydrogen-bond donors (Lipinski definition) is 0. The molecular formula is C16H12ClF3O. The van der Waals surface area contributed by atoms with E-state index in [-0.39, 0.29) is 11.6 Å². The average molecular weight is 313 g/mol. The van der Waals surface area contributed by atoms with E-state index in [4.69, 9.17) is 16.3 Å². The van der Waals surface area contributed by atoms with E-state index in [2.05, 4.69) is 0 Å². The zero-order valence-electron chi connectivity index (χ0n) is 11.1. The highest BCUT2D eigenvalue weighted by Crippen LogP contribution is 2.31. The Kier molecular flexibility index (Phi) is 4.58. The van der Waals surface area contributed by atoms with Crippen molar-refractivity contribution in [2.75, 3.05) is 7.11 Å². The van der Waals surface area contributed by atoms with E-state index >= 15 is 0 Å². The number of allylic oxidation sites excluding steroid dienone is 1. The molecule has 2 aromatic carbocycles. The summed E-state index contributed by atoms with van der Waals surface area (Å²) in [6.45, 7) is 0. The lowest BCUT2D eigenvalue weighted by Gasteiger charge is -2.11. The zero-order chi connectivity index (χ0) is 15.5. The predicted octanol–water partition coefficient (Wildman–Crippen LogP) is 5.34. The van der Waals surface area contributed by atoms with Gasteiger partial charge < -0.3 is 4.74 Å². The van der Waals surface area contributed by atoms with Crippen molar-refractivity contribution < 1.29 is 17.9 Å². The van der Waals surface area contributed by atoms with E-state index in [1.54, 1.807) is 48.5 Å². The SMILES string of the molecule is COc1ccc(/C(=C/C(F)(F)F)c2ccc(Cl)cc2)cc1. The molecule has 21 heavy (non-hydrogen) atoms. The molecule has 0 N–H and O–H groups in total. The van der Waals surface area contributed by atoms with E-state index in [1.165, 1.54) is 7.11 Å². The largest absolute Gasteiger partial charge is 0.497 e. The molecule has 0 aromatic heterocycles. The lowest BCUT2D eigenvalue weighted by Crippen LogP contribution is -2.04. The molecule has 0 bridgehead atoms. The highest BCUT2D eigenvalue weighted by Gasteiger charge is 2.25. The van der Waals surface area contributed by atoms with Gasteiger partial charge in [-0.25, -0.2) is 0 Å². The molecule has 0 unspecified atom stereocenters. The lowest BCUT2D eigenvalue weighted by atomic mass is 9.97. The van der Waals surface area contributed by atoms with Crippen LogP contribution in [0.3, 0.4) is 0 Å². The van der Waals surface area contributed by atoms with Gasteiger partial charge in [-0.05, 0) is 41.0 Å². The van der Waals surface area contributed by atoms with Crippen molar-refractivity contribution in [2.24, 2.45) is 0 Å². The van der Waals surface area contributed by atoms with Gasteiger partial charge in [0, 0.05) is 11.1 Å². The fourth-order valence-corrected chi connectivity index (χ4v) is 2.02. The van der Waals surface area contributed by atoms with Crippen molar-refractivity contribution in [3.8, 4) is 5.75 Å². The third-order valence-electron chi connectivity index (χ3n) is 2.86. The third kappa shape index (κ3) is 4.26. The van der Waals surface area contributed by atoms with Crippen LogP contribution in [0.2, 0.25) is 5.02 Å². The van der Waals surface area contributed by atoms with Crippen LogP contribution in [0.15, 0.2) is 54.6 Å². The Morgan fingerprint density at radius 2 is 1.43 bits per heavy atom. The first-order valence-electron chi connectivity index (χ1n) is 6.09. The van der Waals surface area contributed by atoms with Crippen LogP contribution in [0.1, 0.15) is 11.1 Å². The molecule has 110 valence electrons. The molecule has 0 aliphatic rings. The van der Waals surface area contributed by atoms with Crippen LogP contribution in [0, 0.1) is 0 Å². The quantitative estimate of drug-likeness (QED) is 0.743. The molecule has 0 aliphatic heterocycles. The first-order valence-corrected chi connectivity index (χ1v) is 6.47. The van der Waals surface area contributed by atoms with Gasteiger partial charge in [0.05, 0.1) is 7.11 Å². The van der Waals surface area contributed by atoms with Crippen molar-refractivity contribution in [3.63, 3.8) is 0 Å². The topological polar surface area (TPSA) is 9.23 Å². The minimum atomic E-state index is -4.41. The molecule has 0 aliphatic carbocycles. The minimum Gasteiger partial charge on any atom is -0.497 e. The zero-order valence-corrected chi connectivity index (χ0v) is 11.9. The molecular weight excluding hydrogens is 301 g/mol. The second-order valence-corrected chi connectivity index (χ2v) is 4.77. The first-order chi connectivity index (χ1) is 9.89. The minimum absolute atomic E-state index is 0.0850. The molecule has 0 saturated carbocycles. The van der Waals surface area contributed by atoms with Crippen LogP contribution in [-0.2, 0) is 0 Å². The third-order valence-corrected chi connectivity index (χ3v) is 3.12. The van der Waals surface area contributed by atoms with Gasteiger partial charge >= 0.3 is 6.18 Å². The van der Waals surface area contributed by atoms with Crippen molar-refractivity contribution in [2.45, 2.75) is 6.18 Å². The maximum Gasteiger partial charge on any atom is 0.410 e. The van der Waals surface area contributed by atoms with Crippen molar-refractivity contribution in [1.29, 1.82) is 0 Å². The predicted molar refractivity (Wildman–Crippen MR) is 77.6 cm³/mol. The van der Waals surface area contributed by atoms with Gasteiger partial charge in [-0.1, -0.05) is 35.9 Å². The summed E-state index contributed by atoms with van der Waals surface area (Å²) < 4.78 is 43.3. The highest BCUT2D eigenvalue weighted by atomic mass is 35.5. The Balaban J connectivity index is 2.50.